The lowest BCUT2D eigenvalue weighted by atomic mass is 10.2. The van der Waals surface area contributed by atoms with Crippen LogP contribution in [-0.4, -0.2) is 39.2 Å². The molecule has 27 heavy (non-hydrogen) atoms. The molecule has 2 rings (SSSR count). The predicted molar refractivity (Wildman–Crippen MR) is 101 cm³/mol. The molecule has 2 amide bonds. The SMILES string of the molecule is CCOc1ccccc1C(=O)NCC(=O)NCc1cc(OC)ccc1OC. The molecule has 0 atom stereocenters. The fourth-order valence-electron chi connectivity index (χ4n) is 2.47. The fourth-order valence-corrected chi connectivity index (χ4v) is 2.47. The van der Waals surface area contributed by atoms with Crippen molar-refractivity contribution in [3.63, 3.8) is 0 Å². The van der Waals surface area contributed by atoms with Gasteiger partial charge in [0, 0.05) is 12.1 Å². The molecule has 144 valence electrons. The summed E-state index contributed by atoms with van der Waals surface area (Å²) in [4.78, 5) is 24.4. The molecular formula is C20H24N2O5. The fraction of sp³-hybridized carbons (Fsp3) is 0.300. The van der Waals surface area contributed by atoms with E-state index < -0.39 is 0 Å². The summed E-state index contributed by atoms with van der Waals surface area (Å²) in [5.74, 6) is 1.11. The molecule has 7 nitrogen and oxygen atoms in total. The van der Waals surface area contributed by atoms with E-state index in [1.165, 1.54) is 0 Å². The maximum Gasteiger partial charge on any atom is 0.255 e. The Labute approximate surface area is 158 Å². The van der Waals surface area contributed by atoms with Crippen LogP contribution in [0.1, 0.15) is 22.8 Å². The second-order valence-corrected chi connectivity index (χ2v) is 5.57. The molecule has 0 aliphatic heterocycles. The summed E-state index contributed by atoms with van der Waals surface area (Å²) < 4.78 is 15.9. The van der Waals surface area contributed by atoms with Crippen LogP contribution in [0.2, 0.25) is 0 Å². The van der Waals surface area contributed by atoms with Crippen molar-refractivity contribution in [2.45, 2.75) is 13.5 Å². The van der Waals surface area contributed by atoms with Gasteiger partial charge in [-0.3, -0.25) is 9.59 Å². The monoisotopic (exact) mass is 372 g/mol. The quantitative estimate of drug-likeness (QED) is 0.704. The van der Waals surface area contributed by atoms with Crippen LogP contribution >= 0.6 is 0 Å². The number of hydrogen-bond donors (Lipinski definition) is 2. The Bertz CT molecular complexity index is 792. The van der Waals surface area contributed by atoms with Gasteiger partial charge in [-0.15, -0.1) is 0 Å². The summed E-state index contributed by atoms with van der Waals surface area (Å²) in [5.41, 5.74) is 1.17. The number of hydrogen-bond acceptors (Lipinski definition) is 5. The number of carbonyl (C=O) groups is 2. The number of carbonyl (C=O) groups excluding carboxylic acids is 2. The van der Waals surface area contributed by atoms with Crippen molar-refractivity contribution in [1.82, 2.24) is 10.6 Å². The molecule has 0 saturated heterocycles. The third kappa shape index (κ3) is 5.64. The lowest BCUT2D eigenvalue weighted by molar-refractivity contribution is -0.120. The Morgan fingerprint density at radius 1 is 0.963 bits per heavy atom. The predicted octanol–water partition coefficient (Wildman–Crippen LogP) is 2.15. The van der Waals surface area contributed by atoms with E-state index in [-0.39, 0.29) is 24.9 Å². The first-order valence-electron chi connectivity index (χ1n) is 8.56. The van der Waals surface area contributed by atoms with Gasteiger partial charge in [0.2, 0.25) is 5.91 Å². The molecule has 0 radical (unpaired) electrons. The van der Waals surface area contributed by atoms with Crippen molar-refractivity contribution in [2.24, 2.45) is 0 Å². The number of methoxy groups -OCH3 is 2. The summed E-state index contributed by atoms with van der Waals surface area (Å²) in [6.07, 6.45) is 0. The summed E-state index contributed by atoms with van der Waals surface area (Å²) in [7, 11) is 3.13. The van der Waals surface area contributed by atoms with Gasteiger partial charge in [-0.2, -0.15) is 0 Å². The lowest BCUT2D eigenvalue weighted by Gasteiger charge is -2.12. The second-order valence-electron chi connectivity index (χ2n) is 5.57. The van der Waals surface area contributed by atoms with Gasteiger partial charge >= 0.3 is 0 Å². The Morgan fingerprint density at radius 3 is 2.44 bits per heavy atom. The molecule has 0 aromatic heterocycles. The molecule has 2 aromatic carbocycles. The molecule has 0 fully saturated rings. The van der Waals surface area contributed by atoms with Crippen molar-refractivity contribution in [3.05, 3.63) is 53.6 Å². The van der Waals surface area contributed by atoms with Gasteiger partial charge in [0.15, 0.2) is 0 Å². The molecule has 0 saturated carbocycles. The Hall–Kier alpha value is -3.22. The highest BCUT2D eigenvalue weighted by Gasteiger charge is 2.13. The Kier molecular flexibility index (Phi) is 7.49. The molecular weight excluding hydrogens is 348 g/mol. The third-order valence-electron chi connectivity index (χ3n) is 3.80. The average molecular weight is 372 g/mol. The van der Waals surface area contributed by atoms with Crippen LogP contribution in [0.4, 0.5) is 0 Å². The minimum absolute atomic E-state index is 0.147. The maximum atomic E-state index is 12.3. The zero-order chi connectivity index (χ0) is 19.6. The smallest absolute Gasteiger partial charge is 0.255 e. The normalized spacial score (nSPS) is 10.0. The number of ether oxygens (including phenoxy) is 3. The summed E-state index contributed by atoms with van der Waals surface area (Å²) in [6, 6.07) is 12.2. The zero-order valence-electron chi connectivity index (χ0n) is 15.7. The van der Waals surface area contributed by atoms with Crippen LogP contribution in [0, 0.1) is 0 Å². The van der Waals surface area contributed by atoms with Crippen molar-refractivity contribution in [2.75, 3.05) is 27.4 Å². The first-order valence-corrected chi connectivity index (χ1v) is 8.56. The van der Waals surface area contributed by atoms with Gasteiger partial charge in [-0.25, -0.2) is 0 Å². The zero-order valence-corrected chi connectivity index (χ0v) is 15.7. The van der Waals surface area contributed by atoms with E-state index >= 15 is 0 Å². The third-order valence-corrected chi connectivity index (χ3v) is 3.80. The topological polar surface area (TPSA) is 85.9 Å². The molecule has 0 bridgehead atoms. The van der Waals surface area contributed by atoms with Crippen LogP contribution < -0.4 is 24.8 Å². The van der Waals surface area contributed by atoms with Gasteiger partial charge in [-0.1, -0.05) is 12.1 Å². The molecule has 0 aliphatic rings. The highest BCUT2D eigenvalue weighted by Crippen LogP contribution is 2.23. The molecule has 0 aliphatic carbocycles. The number of para-hydroxylation sites is 1. The maximum absolute atomic E-state index is 12.3. The van der Waals surface area contributed by atoms with E-state index in [0.29, 0.717) is 29.4 Å². The van der Waals surface area contributed by atoms with Crippen LogP contribution in [0.25, 0.3) is 0 Å². The number of amides is 2. The van der Waals surface area contributed by atoms with Gasteiger partial charge in [0.1, 0.15) is 17.2 Å². The van der Waals surface area contributed by atoms with E-state index in [4.69, 9.17) is 14.2 Å². The van der Waals surface area contributed by atoms with Crippen molar-refractivity contribution in [3.8, 4) is 17.2 Å². The number of benzene rings is 2. The molecule has 0 spiro atoms. The summed E-state index contributed by atoms with van der Waals surface area (Å²) in [6.45, 7) is 2.40. The molecule has 2 aromatic rings. The van der Waals surface area contributed by atoms with E-state index in [0.717, 1.165) is 5.56 Å². The van der Waals surface area contributed by atoms with E-state index in [1.807, 2.05) is 6.92 Å². The van der Waals surface area contributed by atoms with Crippen molar-refractivity contribution in [1.29, 1.82) is 0 Å². The highest BCUT2D eigenvalue weighted by atomic mass is 16.5. The Morgan fingerprint density at radius 2 is 1.74 bits per heavy atom. The largest absolute Gasteiger partial charge is 0.497 e. The molecule has 7 heteroatoms. The minimum atomic E-state index is -0.367. The van der Waals surface area contributed by atoms with Crippen LogP contribution in [-0.2, 0) is 11.3 Å². The van der Waals surface area contributed by atoms with Crippen molar-refractivity contribution < 1.29 is 23.8 Å². The molecule has 2 N–H and O–H groups in total. The van der Waals surface area contributed by atoms with Crippen LogP contribution in [0.5, 0.6) is 17.2 Å². The van der Waals surface area contributed by atoms with Gasteiger partial charge < -0.3 is 24.8 Å². The van der Waals surface area contributed by atoms with Crippen LogP contribution in [0.15, 0.2) is 42.5 Å². The first-order chi connectivity index (χ1) is 13.1. The van der Waals surface area contributed by atoms with Gasteiger partial charge in [-0.05, 0) is 37.3 Å². The number of rotatable bonds is 9. The van der Waals surface area contributed by atoms with Gasteiger partial charge in [0.25, 0.3) is 5.91 Å². The highest BCUT2D eigenvalue weighted by molar-refractivity contribution is 5.98. The Balaban J connectivity index is 1.91. The number of nitrogens with one attached hydrogen (secondary N) is 2. The van der Waals surface area contributed by atoms with Gasteiger partial charge in [0.05, 0.1) is 32.9 Å². The van der Waals surface area contributed by atoms with Crippen molar-refractivity contribution >= 4 is 11.8 Å². The van der Waals surface area contributed by atoms with E-state index in [9.17, 15) is 9.59 Å². The molecule has 0 unspecified atom stereocenters. The average Bonchev–Trinajstić information content (AvgIpc) is 2.70. The lowest BCUT2D eigenvalue weighted by Crippen LogP contribution is -2.36. The second kappa shape index (κ2) is 10.1. The minimum Gasteiger partial charge on any atom is -0.497 e. The van der Waals surface area contributed by atoms with E-state index in [1.54, 1.807) is 56.7 Å². The van der Waals surface area contributed by atoms with E-state index in [2.05, 4.69) is 10.6 Å². The summed E-state index contributed by atoms with van der Waals surface area (Å²) in [5, 5.41) is 5.35. The standard InChI is InChI=1S/C20H24N2O5/c1-4-27-18-8-6-5-7-16(18)20(24)22-13-19(23)21-12-14-11-15(25-2)9-10-17(14)26-3/h5-11H,4,12-13H2,1-3H3,(H,21,23)(H,22,24). The van der Waals surface area contributed by atoms with Crippen LogP contribution in [0.3, 0.4) is 0 Å². The summed E-state index contributed by atoms with van der Waals surface area (Å²) >= 11 is 0. The first kappa shape index (κ1) is 20.1. The molecule has 0 heterocycles.